The Labute approximate surface area is 234 Å². The van der Waals surface area contributed by atoms with Gasteiger partial charge in [-0.3, -0.25) is 9.97 Å². The molecular formula is C30H26Cl2N6. The Morgan fingerprint density at radius 1 is 0.474 bits per heavy atom. The maximum absolute atomic E-state index is 6.16. The summed E-state index contributed by atoms with van der Waals surface area (Å²) < 4.78 is 0. The van der Waals surface area contributed by atoms with Crippen LogP contribution in [0.15, 0.2) is 132 Å². The third-order valence-electron chi connectivity index (χ3n) is 5.60. The molecule has 0 amide bonds. The van der Waals surface area contributed by atoms with E-state index >= 15 is 0 Å². The number of hydrogen-bond acceptors (Lipinski definition) is 4. The van der Waals surface area contributed by atoms with Gasteiger partial charge in [-0.1, -0.05) is 54.6 Å². The number of nitrogens with zero attached hydrogens (tertiary/aromatic N) is 4. The van der Waals surface area contributed by atoms with Crippen molar-refractivity contribution in [3.05, 3.63) is 133 Å². The smallest absolute Gasteiger partial charge is 0.150 e. The van der Waals surface area contributed by atoms with Crippen LogP contribution >= 0.6 is 24.8 Å². The number of aromatic nitrogens is 2. The molecule has 0 bridgehead atoms. The molecule has 0 aliphatic heterocycles. The predicted molar refractivity (Wildman–Crippen MR) is 161 cm³/mol. The first-order valence-corrected chi connectivity index (χ1v) is 11.5. The first-order chi connectivity index (χ1) is 17.7. The molecule has 0 atom stereocenters. The largest absolute Gasteiger partial charge is 0.382 e. The summed E-state index contributed by atoms with van der Waals surface area (Å²) in [5.74, 6) is 0.768. The number of hydrogen-bond donors (Lipinski definition) is 2. The van der Waals surface area contributed by atoms with Crippen LogP contribution in [0.4, 0.5) is 11.4 Å². The average Bonchev–Trinajstić information content (AvgIpc) is 2.94. The summed E-state index contributed by atoms with van der Waals surface area (Å²) in [4.78, 5) is 17.6. The van der Waals surface area contributed by atoms with Crippen LogP contribution < -0.4 is 11.5 Å². The van der Waals surface area contributed by atoms with Gasteiger partial charge in [0, 0.05) is 12.4 Å². The van der Waals surface area contributed by atoms with Crippen molar-refractivity contribution in [2.24, 2.45) is 21.5 Å². The summed E-state index contributed by atoms with van der Waals surface area (Å²) in [5.41, 5.74) is 19.4. The third-order valence-corrected chi connectivity index (χ3v) is 5.60. The van der Waals surface area contributed by atoms with Crippen molar-refractivity contribution in [1.29, 1.82) is 0 Å². The van der Waals surface area contributed by atoms with E-state index in [9.17, 15) is 0 Å². The number of halogens is 2. The normalized spacial score (nSPS) is 11.3. The molecule has 8 heteroatoms. The van der Waals surface area contributed by atoms with E-state index in [4.69, 9.17) is 11.5 Å². The third kappa shape index (κ3) is 6.82. The van der Waals surface area contributed by atoms with Crippen LogP contribution in [0.3, 0.4) is 0 Å². The Bertz CT molecular complexity index is 1540. The van der Waals surface area contributed by atoms with Gasteiger partial charge in [0.15, 0.2) is 0 Å². The summed E-state index contributed by atoms with van der Waals surface area (Å²) >= 11 is 0. The molecule has 0 aliphatic rings. The molecule has 0 unspecified atom stereocenters. The van der Waals surface area contributed by atoms with E-state index in [1.165, 1.54) is 0 Å². The number of nitrogens with two attached hydrogens (primary N) is 2. The van der Waals surface area contributed by atoms with Gasteiger partial charge in [0.05, 0.1) is 11.4 Å². The predicted octanol–water partition coefficient (Wildman–Crippen LogP) is 6.73. The molecule has 6 nitrogen and oxygen atoms in total. The molecule has 0 saturated carbocycles. The second-order valence-corrected chi connectivity index (χ2v) is 8.10. The molecule has 4 N–H and O–H groups in total. The Kier molecular flexibility index (Phi) is 9.71. The number of pyridine rings is 2. The van der Waals surface area contributed by atoms with Crippen molar-refractivity contribution < 1.29 is 0 Å². The van der Waals surface area contributed by atoms with E-state index in [2.05, 4.69) is 44.2 Å². The monoisotopic (exact) mass is 540 g/mol. The maximum Gasteiger partial charge on any atom is 0.150 e. The molecule has 0 spiro atoms. The van der Waals surface area contributed by atoms with Gasteiger partial charge < -0.3 is 11.5 Å². The van der Waals surface area contributed by atoms with Crippen LogP contribution in [-0.4, -0.2) is 21.6 Å². The lowest BCUT2D eigenvalue weighted by molar-refractivity contribution is 1.27. The van der Waals surface area contributed by atoms with Gasteiger partial charge >= 0.3 is 0 Å². The number of rotatable bonds is 6. The number of amidine groups is 2. The van der Waals surface area contributed by atoms with Crippen LogP contribution in [0.5, 0.6) is 0 Å². The van der Waals surface area contributed by atoms with Crippen LogP contribution in [-0.2, 0) is 0 Å². The minimum absolute atomic E-state index is 0. The molecule has 3 aromatic carbocycles. The first-order valence-electron chi connectivity index (χ1n) is 11.5. The highest BCUT2D eigenvalue weighted by Crippen LogP contribution is 2.29. The summed E-state index contributed by atoms with van der Waals surface area (Å²) in [6.07, 6.45) is 3.40. The molecule has 0 radical (unpaired) electrons. The molecule has 5 rings (SSSR count). The second kappa shape index (κ2) is 13.1. The van der Waals surface area contributed by atoms with Crippen molar-refractivity contribution in [3.8, 4) is 22.3 Å². The zero-order chi connectivity index (χ0) is 24.7. The van der Waals surface area contributed by atoms with Crippen molar-refractivity contribution in [3.63, 3.8) is 0 Å². The summed E-state index contributed by atoms with van der Waals surface area (Å²) in [6, 6.07) is 35.5. The molecule has 0 fully saturated rings. The number of aliphatic imine (C=N–C) groups is 2. The Balaban J connectivity index is 0.00000200. The highest BCUT2D eigenvalue weighted by molar-refractivity contribution is 5.98. The molecule has 0 aliphatic carbocycles. The summed E-state index contributed by atoms with van der Waals surface area (Å²) in [6.45, 7) is 0. The fourth-order valence-electron chi connectivity index (χ4n) is 3.78. The van der Waals surface area contributed by atoms with E-state index in [1.807, 2.05) is 84.9 Å². The molecule has 0 saturated heterocycles. The molecular weight excluding hydrogens is 515 g/mol. The summed E-state index contributed by atoms with van der Waals surface area (Å²) in [5, 5.41) is 0. The lowest BCUT2D eigenvalue weighted by atomic mass is 9.98. The maximum atomic E-state index is 6.16. The van der Waals surface area contributed by atoms with Crippen LogP contribution in [0.25, 0.3) is 22.3 Å². The van der Waals surface area contributed by atoms with Crippen LogP contribution in [0.2, 0.25) is 0 Å². The zero-order valence-corrected chi connectivity index (χ0v) is 21.9. The van der Waals surface area contributed by atoms with Crippen LogP contribution in [0, 0.1) is 0 Å². The lowest BCUT2D eigenvalue weighted by Gasteiger charge is -2.08. The molecule has 38 heavy (non-hydrogen) atoms. The molecule has 2 heterocycles. The fourth-order valence-corrected chi connectivity index (χ4v) is 3.78. The standard InChI is InChI=1S/C30H24N6.2ClH/c31-29(27-11-1-3-17-33-27)35-25-15-13-21(14-16-25)22-7-5-8-23(19-22)24-9-6-10-26(20-24)36-30(32)28-12-2-4-18-34-28;;/h1-20H,(H2,31,35)(H2,32,36);2*1H. The minimum atomic E-state index is 0. The molecule has 190 valence electrons. The fraction of sp³-hybridized carbons (Fsp3) is 0. The quantitative estimate of drug-likeness (QED) is 0.184. The Morgan fingerprint density at radius 2 is 0.974 bits per heavy atom. The van der Waals surface area contributed by atoms with Gasteiger partial charge in [0.2, 0.25) is 0 Å². The lowest BCUT2D eigenvalue weighted by Crippen LogP contribution is -2.14. The minimum Gasteiger partial charge on any atom is -0.382 e. The van der Waals surface area contributed by atoms with Gasteiger partial charge in [-0.2, -0.15) is 0 Å². The second-order valence-electron chi connectivity index (χ2n) is 8.10. The van der Waals surface area contributed by atoms with Crippen LogP contribution in [0.1, 0.15) is 11.4 Å². The van der Waals surface area contributed by atoms with E-state index in [-0.39, 0.29) is 24.8 Å². The topological polar surface area (TPSA) is 103 Å². The van der Waals surface area contributed by atoms with Crippen molar-refractivity contribution in [1.82, 2.24) is 9.97 Å². The van der Waals surface area contributed by atoms with E-state index < -0.39 is 0 Å². The SMILES string of the molecule is Cl.Cl.NC(=Nc1ccc(-c2cccc(-c3cccc(N=C(N)c4ccccn4)c3)c2)cc1)c1ccccn1. The summed E-state index contributed by atoms with van der Waals surface area (Å²) in [7, 11) is 0. The highest BCUT2D eigenvalue weighted by Gasteiger charge is 2.05. The highest BCUT2D eigenvalue weighted by atomic mass is 35.5. The molecule has 2 aromatic heterocycles. The first kappa shape index (κ1) is 28.1. The van der Waals surface area contributed by atoms with Gasteiger partial charge in [0.25, 0.3) is 0 Å². The van der Waals surface area contributed by atoms with E-state index in [1.54, 1.807) is 12.4 Å². The number of benzene rings is 3. The van der Waals surface area contributed by atoms with Crippen molar-refractivity contribution in [2.45, 2.75) is 0 Å². The van der Waals surface area contributed by atoms with Gasteiger partial charge in [-0.15, -0.1) is 24.8 Å². The van der Waals surface area contributed by atoms with Gasteiger partial charge in [-0.25, -0.2) is 9.98 Å². The van der Waals surface area contributed by atoms with Crippen molar-refractivity contribution in [2.75, 3.05) is 0 Å². The Hall–Kier alpha value is -4.52. The molecule has 5 aromatic rings. The van der Waals surface area contributed by atoms with Crippen molar-refractivity contribution >= 4 is 47.9 Å². The van der Waals surface area contributed by atoms with E-state index in [0.29, 0.717) is 23.1 Å². The van der Waals surface area contributed by atoms with E-state index in [0.717, 1.165) is 33.6 Å². The van der Waals surface area contributed by atoms with Gasteiger partial charge in [0.1, 0.15) is 23.1 Å². The van der Waals surface area contributed by atoms with Gasteiger partial charge in [-0.05, 0) is 76.9 Å². The Morgan fingerprint density at radius 3 is 1.53 bits per heavy atom. The zero-order valence-electron chi connectivity index (χ0n) is 20.3. The average molecular weight is 541 g/mol.